The average molecular weight is 791 g/mol. The van der Waals surface area contributed by atoms with E-state index in [0.29, 0.717) is 0 Å². The van der Waals surface area contributed by atoms with Crippen LogP contribution < -0.4 is 4.90 Å². The number of fused-ring (bicyclic) bond motifs is 3. The Balaban J connectivity index is 1.19. The fourth-order valence-corrected chi connectivity index (χ4v) is 9.13. The number of aromatic nitrogens is 1. The number of hydrogen-bond donors (Lipinski definition) is 0. The van der Waals surface area contributed by atoms with Gasteiger partial charge in [0.05, 0.1) is 16.7 Å². The van der Waals surface area contributed by atoms with Gasteiger partial charge in [-0.05, 0) is 105 Å². The molecular weight excluding hydrogens is 749 g/mol. The van der Waals surface area contributed by atoms with E-state index in [0.717, 1.165) is 33.9 Å². The maximum absolute atomic E-state index is 2.44. The highest BCUT2D eigenvalue weighted by molar-refractivity contribution is 6.10. The van der Waals surface area contributed by atoms with Crippen molar-refractivity contribution in [3.05, 3.63) is 255 Å². The molecule has 10 aromatic carbocycles. The second-order valence-electron chi connectivity index (χ2n) is 15.7. The molecule has 0 radical (unpaired) electrons. The topological polar surface area (TPSA) is 8.17 Å². The summed E-state index contributed by atoms with van der Waals surface area (Å²) in [4.78, 5) is 2.44. The first-order valence-corrected chi connectivity index (χ1v) is 21.3. The third kappa shape index (κ3) is 6.74. The zero-order valence-corrected chi connectivity index (χ0v) is 34.1. The van der Waals surface area contributed by atoms with Crippen molar-refractivity contribution in [1.82, 2.24) is 4.57 Å². The summed E-state index contributed by atoms with van der Waals surface area (Å²) in [6.07, 6.45) is 0. The second-order valence-corrected chi connectivity index (χ2v) is 15.7. The largest absolute Gasteiger partial charge is 0.310 e. The van der Waals surface area contributed by atoms with Crippen LogP contribution in [0.3, 0.4) is 0 Å². The molecule has 292 valence electrons. The van der Waals surface area contributed by atoms with Gasteiger partial charge >= 0.3 is 0 Å². The fraction of sp³-hybridized carbons (Fsp3) is 0. The van der Waals surface area contributed by atoms with E-state index in [9.17, 15) is 0 Å². The summed E-state index contributed by atoms with van der Waals surface area (Å²) in [5.74, 6) is 0. The number of rotatable bonds is 9. The van der Waals surface area contributed by atoms with Crippen LogP contribution in [0.25, 0.3) is 83.1 Å². The minimum Gasteiger partial charge on any atom is -0.310 e. The molecule has 0 aliphatic rings. The van der Waals surface area contributed by atoms with Gasteiger partial charge < -0.3 is 9.47 Å². The van der Waals surface area contributed by atoms with Crippen LogP contribution in [0.4, 0.5) is 17.1 Å². The van der Waals surface area contributed by atoms with Gasteiger partial charge in [0.15, 0.2) is 0 Å². The maximum atomic E-state index is 2.44. The molecular formula is C60H42N2. The molecule has 0 bridgehead atoms. The Labute approximate surface area is 362 Å². The summed E-state index contributed by atoms with van der Waals surface area (Å²) in [6, 6.07) is 92.2. The lowest BCUT2D eigenvalue weighted by Gasteiger charge is -2.29. The fourth-order valence-electron chi connectivity index (χ4n) is 9.13. The van der Waals surface area contributed by atoms with Crippen LogP contribution in [0.5, 0.6) is 0 Å². The Kier molecular flexibility index (Phi) is 9.57. The quantitative estimate of drug-likeness (QED) is 0.141. The number of hydrogen-bond acceptors (Lipinski definition) is 1. The van der Waals surface area contributed by atoms with Gasteiger partial charge in [-0.2, -0.15) is 0 Å². The zero-order chi connectivity index (χ0) is 41.2. The Morgan fingerprint density at radius 1 is 0.242 bits per heavy atom. The summed E-state index contributed by atoms with van der Waals surface area (Å²) in [5, 5.41) is 2.48. The summed E-state index contributed by atoms with van der Waals surface area (Å²) in [7, 11) is 0. The Hall–Kier alpha value is -8.20. The van der Waals surface area contributed by atoms with Gasteiger partial charge in [0.2, 0.25) is 0 Å². The summed E-state index contributed by atoms with van der Waals surface area (Å²) < 4.78 is 2.44. The molecule has 0 unspecified atom stereocenters. The molecule has 1 heterocycles. The minimum absolute atomic E-state index is 1.06. The normalized spacial score (nSPS) is 11.2. The molecule has 11 aromatic rings. The first kappa shape index (κ1) is 36.8. The van der Waals surface area contributed by atoms with Crippen molar-refractivity contribution in [2.45, 2.75) is 0 Å². The first-order valence-electron chi connectivity index (χ1n) is 21.3. The van der Waals surface area contributed by atoms with Crippen LogP contribution in [-0.4, -0.2) is 4.57 Å². The highest BCUT2D eigenvalue weighted by Gasteiger charge is 2.22. The van der Waals surface area contributed by atoms with Gasteiger partial charge in [0, 0.05) is 33.4 Å². The number of anilines is 3. The van der Waals surface area contributed by atoms with Gasteiger partial charge in [0.25, 0.3) is 0 Å². The highest BCUT2D eigenvalue weighted by atomic mass is 15.1. The summed E-state index contributed by atoms with van der Waals surface area (Å²) in [6.45, 7) is 0. The molecule has 2 heteroatoms. The van der Waals surface area contributed by atoms with E-state index >= 15 is 0 Å². The van der Waals surface area contributed by atoms with Crippen LogP contribution >= 0.6 is 0 Å². The zero-order valence-electron chi connectivity index (χ0n) is 34.1. The minimum atomic E-state index is 1.06. The van der Waals surface area contributed by atoms with E-state index in [4.69, 9.17) is 0 Å². The second kappa shape index (κ2) is 16.1. The van der Waals surface area contributed by atoms with Gasteiger partial charge in [-0.1, -0.05) is 200 Å². The Bertz CT molecular complexity index is 3140. The Morgan fingerprint density at radius 2 is 0.548 bits per heavy atom. The van der Waals surface area contributed by atoms with Crippen molar-refractivity contribution in [2.75, 3.05) is 4.90 Å². The van der Waals surface area contributed by atoms with Crippen molar-refractivity contribution in [2.24, 2.45) is 0 Å². The van der Waals surface area contributed by atoms with Gasteiger partial charge in [-0.3, -0.25) is 0 Å². The van der Waals surface area contributed by atoms with Gasteiger partial charge in [0.1, 0.15) is 0 Å². The lowest BCUT2D eigenvalue weighted by atomic mass is 9.92. The summed E-state index contributed by atoms with van der Waals surface area (Å²) >= 11 is 0. The molecule has 0 amide bonds. The molecule has 0 saturated carbocycles. The van der Waals surface area contributed by atoms with Crippen LogP contribution in [-0.2, 0) is 0 Å². The SMILES string of the molecule is c1ccc(-c2ccc(N(c3ccc(-c4ccccc4)c(-c4ccccc4)c3)c3ccc(-n4c5ccccc5c5ccccc54)c(-c4ccccc4)c3)cc2-c2ccccc2)cc1. The van der Waals surface area contributed by atoms with E-state index in [2.05, 4.69) is 264 Å². The van der Waals surface area contributed by atoms with E-state index in [1.807, 2.05) is 0 Å². The molecule has 0 atom stereocenters. The van der Waals surface area contributed by atoms with Crippen molar-refractivity contribution in [3.63, 3.8) is 0 Å². The smallest absolute Gasteiger partial charge is 0.0542 e. The molecule has 0 fully saturated rings. The van der Waals surface area contributed by atoms with Crippen molar-refractivity contribution < 1.29 is 0 Å². The average Bonchev–Trinajstić information content (AvgIpc) is 3.69. The molecule has 0 aliphatic carbocycles. The molecule has 1 aromatic heterocycles. The number of benzene rings is 10. The van der Waals surface area contributed by atoms with Crippen molar-refractivity contribution >= 4 is 38.9 Å². The van der Waals surface area contributed by atoms with E-state index in [1.165, 1.54) is 66.3 Å². The first-order chi connectivity index (χ1) is 30.8. The van der Waals surface area contributed by atoms with Crippen LogP contribution in [0, 0.1) is 0 Å². The van der Waals surface area contributed by atoms with E-state index in [-0.39, 0.29) is 0 Å². The Morgan fingerprint density at radius 3 is 0.952 bits per heavy atom. The van der Waals surface area contributed by atoms with Crippen molar-refractivity contribution in [1.29, 1.82) is 0 Å². The van der Waals surface area contributed by atoms with Crippen LogP contribution in [0.2, 0.25) is 0 Å². The van der Waals surface area contributed by atoms with E-state index in [1.54, 1.807) is 0 Å². The highest BCUT2D eigenvalue weighted by Crippen LogP contribution is 2.46. The standard InChI is InChI=1S/C60H42N2/c1-6-20-43(21-7-1)51-37-34-48(40-55(51)45-24-10-3-11-25-45)61(49-35-38-52(44-22-8-2-9-23-44)56(41-49)46-26-12-4-13-27-46)50-36-39-60(57(42-50)47-28-14-5-15-29-47)62-58-32-18-16-30-53(58)54-31-17-19-33-59(54)62/h1-42H. The third-order valence-corrected chi connectivity index (χ3v) is 12.0. The van der Waals surface area contributed by atoms with Gasteiger partial charge in [-0.15, -0.1) is 0 Å². The van der Waals surface area contributed by atoms with Crippen molar-refractivity contribution in [3.8, 4) is 61.3 Å². The molecule has 0 saturated heterocycles. The van der Waals surface area contributed by atoms with E-state index < -0.39 is 0 Å². The summed E-state index contributed by atoms with van der Waals surface area (Å²) in [5.41, 5.74) is 18.4. The molecule has 0 spiro atoms. The molecule has 0 aliphatic heterocycles. The molecule has 11 rings (SSSR count). The molecule has 62 heavy (non-hydrogen) atoms. The lowest BCUT2D eigenvalue weighted by Crippen LogP contribution is -2.11. The van der Waals surface area contributed by atoms with Crippen LogP contribution in [0.15, 0.2) is 255 Å². The predicted octanol–water partition coefficient (Wildman–Crippen LogP) is 16.6. The van der Waals surface area contributed by atoms with Gasteiger partial charge in [-0.25, -0.2) is 0 Å². The molecule has 2 nitrogen and oxygen atoms in total. The monoisotopic (exact) mass is 790 g/mol. The third-order valence-electron chi connectivity index (χ3n) is 12.0. The number of nitrogens with zero attached hydrogens (tertiary/aromatic N) is 2. The maximum Gasteiger partial charge on any atom is 0.0542 e. The molecule has 0 N–H and O–H groups in total. The van der Waals surface area contributed by atoms with Crippen LogP contribution in [0.1, 0.15) is 0 Å². The lowest BCUT2D eigenvalue weighted by molar-refractivity contribution is 1.17. The number of para-hydroxylation sites is 2. The predicted molar refractivity (Wildman–Crippen MR) is 263 cm³/mol.